The molecule has 122 valence electrons. The lowest BCUT2D eigenvalue weighted by atomic mass is 10.1. The lowest BCUT2D eigenvalue weighted by Gasteiger charge is -2.05. The van der Waals surface area contributed by atoms with Crippen molar-refractivity contribution < 1.29 is 19.7 Å². The molecule has 6 nitrogen and oxygen atoms in total. The summed E-state index contributed by atoms with van der Waals surface area (Å²) >= 11 is 0. The van der Waals surface area contributed by atoms with Crippen molar-refractivity contribution in [3.63, 3.8) is 0 Å². The highest BCUT2D eigenvalue weighted by molar-refractivity contribution is 5.97. The molecule has 0 aliphatic heterocycles. The number of ether oxygens (including phenoxy) is 1. The molecule has 0 amide bonds. The Balaban J connectivity index is 1.98. The summed E-state index contributed by atoms with van der Waals surface area (Å²) in [5, 5.41) is 27.8. The zero-order valence-corrected chi connectivity index (χ0v) is 12.8. The summed E-state index contributed by atoms with van der Waals surface area (Å²) in [7, 11) is 0. The molecule has 2 rings (SSSR count). The maximum atomic E-state index is 11.9. The van der Waals surface area contributed by atoms with Crippen LogP contribution >= 0.6 is 0 Å². The molecule has 0 heterocycles. The van der Waals surface area contributed by atoms with Crippen LogP contribution in [0.2, 0.25) is 0 Å². The maximum absolute atomic E-state index is 11.9. The van der Waals surface area contributed by atoms with E-state index in [2.05, 4.69) is 0 Å². The van der Waals surface area contributed by atoms with E-state index in [-0.39, 0.29) is 23.7 Å². The number of aromatic hydroxyl groups is 2. The fourth-order valence-corrected chi connectivity index (χ4v) is 1.96. The van der Waals surface area contributed by atoms with Crippen molar-refractivity contribution in [2.24, 2.45) is 0 Å². The Bertz CT molecular complexity index is 805. The van der Waals surface area contributed by atoms with Crippen molar-refractivity contribution >= 4 is 17.7 Å². The van der Waals surface area contributed by atoms with Gasteiger partial charge in [-0.3, -0.25) is 0 Å². The lowest BCUT2D eigenvalue weighted by molar-refractivity contribution is -0.138. The molecule has 4 N–H and O–H groups in total. The Kier molecular flexibility index (Phi) is 5.42. The van der Waals surface area contributed by atoms with Crippen LogP contribution in [0.4, 0.5) is 5.69 Å². The molecule has 0 radical (unpaired) electrons. The monoisotopic (exact) mass is 324 g/mol. The van der Waals surface area contributed by atoms with E-state index in [0.717, 1.165) is 5.56 Å². The lowest BCUT2D eigenvalue weighted by Crippen LogP contribution is -2.09. The molecule has 24 heavy (non-hydrogen) atoms. The van der Waals surface area contributed by atoms with Gasteiger partial charge in [0.15, 0.2) is 11.5 Å². The highest BCUT2D eigenvalue weighted by Crippen LogP contribution is 2.26. The second kappa shape index (κ2) is 7.70. The van der Waals surface area contributed by atoms with E-state index >= 15 is 0 Å². The van der Waals surface area contributed by atoms with Crippen molar-refractivity contribution in [1.29, 1.82) is 5.26 Å². The Morgan fingerprint density at radius 2 is 1.88 bits per heavy atom. The third-order valence-electron chi connectivity index (χ3n) is 3.25. The summed E-state index contributed by atoms with van der Waals surface area (Å²) in [6, 6.07) is 12.9. The number of benzene rings is 2. The molecule has 0 aliphatic carbocycles. The number of phenolic OH excluding ortho intramolecular Hbond substituents is 2. The molecular weight excluding hydrogens is 308 g/mol. The second-order valence-corrected chi connectivity index (χ2v) is 5.05. The van der Waals surface area contributed by atoms with E-state index in [0.29, 0.717) is 17.7 Å². The average Bonchev–Trinajstić information content (AvgIpc) is 2.57. The summed E-state index contributed by atoms with van der Waals surface area (Å²) < 4.78 is 5.08. The van der Waals surface area contributed by atoms with Crippen LogP contribution < -0.4 is 5.73 Å². The Morgan fingerprint density at radius 1 is 1.17 bits per heavy atom. The van der Waals surface area contributed by atoms with Crippen molar-refractivity contribution in [2.45, 2.75) is 6.42 Å². The van der Waals surface area contributed by atoms with E-state index in [1.807, 2.05) is 12.1 Å². The molecule has 0 aliphatic rings. The van der Waals surface area contributed by atoms with Gasteiger partial charge in [0.1, 0.15) is 11.6 Å². The second-order valence-electron chi connectivity index (χ2n) is 5.05. The third-order valence-corrected chi connectivity index (χ3v) is 3.25. The van der Waals surface area contributed by atoms with Crippen LogP contribution in [0, 0.1) is 11.3 Å². The molecule has 0 fully saturated rings. The van der Waals surface area contributed by atoms with Gasteiger partial charge >= 0.3 is 5.97 Å². The number of hydrogen-bond acceptors (Lipinski definition) is 6. The van der Waals surface area contributed by atoms with Gasteiger partial charge in [-0.15, -0.1) is 0 Å². The first kappa shape index (κ1) is 16.9. The summed E-state index contributed by atoms with van der Waals surface area (Å²) in [6.07, 6.45) is 1.79. The van der Waals surface area contributed by atoms with Gasteiger partial charge in [-0.25, -0.2) is 4.79 Å². The van der Waals surface area contributed by atoms with Crippen molar-refractivity contribution in [2.75, 3.05) is 12.3 Å². The summed E-state index contributed by atoms with van der Waals surface area (Å²) in [6.45, 7) is 0.128. The number of nitrogen functional groups attached to an aromatic ring is 1. The van der Waals surface area contributed by atoms with Gasteiger partial charge in [-0.05, 0) is 41.5 Å². The van der Waals surface area contributed by atoms with Gasteiger partial charge < -0.3 is 20.7 Å². The van der Waals surface area contributed by atoms with E-state index in [1.165, 1.54) is 24.3 Å². The number of esters is 1. The molecule has 0 aromatic heterocycles. The van der Waals surface area contributed by atoms with Gasteiger partial charge in [-0.2, -0.15) is 5.26 Å². The summed E-state index contributed by atoms with van der Waals surface area (Å²) in [5.74, 6) is -1.37. The van der Waals surface area contributed by atoms with Crippen LogP contribution in [-0.2, 0) is 16.0 Å². The Morgan fingerprint density at radius 3 is 2.50 bits per heavy atom. The highest BCUT2D eigenvalue weighted by atomic mass is 16.5. The number of carbonyl (C=O) groups is 1. The smallest absolute Gasteiger partial charge is 0.348 e. The van der Waals surface area contributed by atoms with E-state index in [1.54, 1.807) is 18.2 Å². The van der Waals surface area contributed by atoms with Crippen LogP contribution in [0.25, 0.3) is 6.08 Å². The minimum absolute atomic E-state index is 0.128. The molecule has 0 atom stereocenters. The van der Waals surface area contributed by atoms with Crippen LogP contribution in [0.15, 0.2) is 48.0 Å². The zero-order chi connectivity index (χ0) is 17.5. The standard InChI is InChI=1S/C18H16N2O4/c19-11-14(9-13-3-6-16(21)17(22)10-13)18(23)24-8-7-12-1-4-15(20)5-2-12/h1-6,9-10,21-22H,7-8,20H2/b14-9+. The van der Waals surface area contributed by atoms with E-state index in [4.69, 9.17) is 15.7 Å². The highest BCUT2D eigenvalue weighted by Gasteiger charge is 2.11. The fraction of sp³-hybridized carbons (Fsp3) is 0.111. The largest absolute Gasteiger partial charge is 0.504 e. The molecule has 0 unspecified atom stereocenters. The van der Waals surface area contributed by atoms with Crippen LogP contribution in [0.5, 0.6) is 11.5 Å². The van der Waals surface area contributed by atoms with Crippen molar-refractivity contribution in [1.82, 2.24) is 0 Å². The van der Waals surface area contributed by atoms with Crippen LogP contribution in [-0.4, -0.2) is 22.8 Å². The molecule has 2 aromatic rings. The minimum Gasteiger partial charge on any atom is -0.504 e. The first-order valence-electron chi connectivity index (χ1n) is 7.15. The SMILES string of the molecule is N#C/C(=C\c1ccc(O)c(O)c1)C(=O)OCCc1ccc(N)cc1. The molecule has 2 aromatic carbocycles. The number of rotatable bonds is 5. The number of hydrogen-bond donors (Lipinski definition) is 3. The normalized spacial score (nSPS) is 10.9. The van der Waals surface area contributed by atoms with Crippen molar-refractivity contribution in [3.8, 4) is 17.6 Å². The maximum Gasteiger partial charge on any atom is 0.348 e. The van der Waals surface area contributed by atoms with E-state index in [9.17, 15) is 15.0 Å². The number of anilines is 1. The molecular formula is C18H16N2O4. The predicted molar refractivity (Wildman–Crippen MR) is 88.9 cm³/mol. The van der Waals surface area contributed by atoms with Gasteiger partial charge in [0.05, 0.1) is 6.61 Å². The van der Waals surface area contributed by atoms with Gasteiger partial charge in [0.25, 0.3) is 0 Å². The molecule has 6 heteroatoms. The fourth-order valence-electron chi connectivity index (χ4n) is 1.96. The minimum atomic E-state index is -0.750. The topological polar surface area (TPSA) is 117 Å². The quantitative estimate of drug-likeness (QED) is 0.256. The Labute approximate surface area is 139 Å². The first-order chi connectivity index (χ1) is 11.5. The van der Waals surface area contributed by atoms with Gasteiger partial charge in [0.2, 0.25) is 0 Å². The molecule has 0 saturated carbocycles. The zero-order valence-electron chi connectivity index (χ0n) is 12.8. The Hall–Kier alpha value is -3.46. The molecule has 0 saturated heterocycles. The van der Waals surface area contributed by atoms with E-state index < -0.39 is 5.97 Å². The number of nitriles is 1. The predicted octanol–water partition coefficient (Wildman–Crippen LogP) is 2.37. The summed E-state index contributed by atoms with van der Waals surface area (Å²) in [4.78, 5) is 11.9. The first-order valence-corrected chi connectivity index (χ1v) is 7.15. The van der Waals surface area contributed by atoms with Crippen molar-refractivity contribution in [3.05, 3.63) is 59.2 Å². The number of nitrogens with zero attached hydrogens (tertiary/aromatic N) is 1. The summed E-state index contributed by atoms with van der Waals surface area (Å²) in [5.41, 5.74) is 7.41. The third kappa shape index (κ3) is 4.52. The number of phenols is 2. The number of carbonyl (C=O) groups excluding carboxylic acids is 1. The van der Waals surface area contributed by atoms with Crippen LogP contribution in [0.1, 0.15) is 11.1 Å². The molecule has 0 bridgehead atoms. The average molecular weight is 324 g/mol. The van der Waals surface area contributed by atoms with Gasteiger partial charge in [0, 0.05) is 12.1 Å². The van der Waals surface area contributed by atoms with Gasteiger partial charge in [-0.1, -0.05) is 18.2 Å². The number of nitrogens with two attached hydrogens (primary N) is 1. The molecule has 0 spiro atoms. The van der Waals surface area contributed by atoms with Crippen LogP contribution in [0.3, 0.4) is 0 Å².